The van der Waals surface area contributed by atoms with E-state index in [1.165, 1.54) is 0 Å². The molecular formula is C21H17N3O2. The molecule has 0 aliphatic carbocycles. The number of fused-ring (bicyclic) bond motifs is 1. The summed E-state index contributed by atoms with van der Waals surface area (Å²) in [5.41, 5.74) is 3.01. The SMILES string of the molecule is C[C@@H](NC(=O)c1cc(-c2ccncc2)nc2ccccc12)c1ccco1. The standard InChI is InChI=1S/C21H17N3O2/c1-14(20-7-4-12-26-20)23-21(25)17-13-19(15-8-10-22-11-9-15)24-18-6-3-2-5-16(17)18/h2-14H,1H3,(H,23,25)/t14-/m1/s1. The Morgan fingerprint density at radius 1 is 1.08 bits per heavy atom. The van der Waals surface area contributed by atoms with Gasteiger partial charge < -0.3 is 9.73 Å². The predicted molar refractivity (Wildman–Crippen MR) is 99.6 cm³/mol. The van der Waals surface area contributed by atoms with Gasteiger partial charge in [-0.25, -0.2) is 4.98 Å². The molecule has 0 aliphatic rings. The van der Waals surface area contributed by atoms with E-state index in [0.29, 0.717) is 11.3 Å². The molecule has 1 atom stereocenters. The molecule has 26 heavy (non-hydrogen) atoms. The summed E-state index contributed by atoms with van der Waals surface area (Å²) in [6.45, 7) is 1.89. The fourth-order valence-electron chi connectivity index (χ4n) is 2.92. The number of hydrogen-bond acceptors (Lipinski definition) is 4. The van der Waals surface area contributed by atoms with Crippen molar-refractivity contribution in [2.75, 3.05) is 0 Å². The Hall–Kier alpha value is -3.47. The van der Waals surface area contributed by atoms with E-state index in [-0.39, 0.29) is 11.9 Å². The molecule has 3 heterocycles. The number of nitrogens with one attached hydrogen (secondary N) is 1. The number of aromatic nitrogens is 2. The summed E-state index contributed by atoms with van der Waals surface area (Å²) in [7, 11) is 0. The topological polar surface area (TPSA) is 68.0 Å². The number of pyridine rings is 2. The lowest BCUT2D eigenvalue weighted by molar-refractivity contribution is 0.0937. The van der Waals surface area contributed by atoms with E-state index in [9.17, 15) is 4.79 Å². The minimum absolute atomic E-state index is 0.164. The summed E-state index contributed by atoms with van der Waals surface area (Å²) in [5.74, 6) is 0.550. The van der Waals surface area contributed by atoms with Crippen LogP contribution in [0.3, 0.4) is 0 Å². The molecule has 0 spiro atoms. The fourth-order valence-corrected chi connectivity index (χ4v) is 2.92. The minimum atomic E-state index is -0.228. The first-order valence-corrected chi connectivity index (χ1v) is 8.37. The van der Waals surface area contributed by atoms with Crippen molar-refractivity contribution < 1.29 is 9.21 Å². The zero-order valence-electron chi connectivity index (χ0n) is 14.2. The normalized spacial score (nSPS) is 12.0. The monoisotopic (exact) mass is 343 g/mol. The van der Waals surface area contributed by atoms with Crippen LogP contribution in [0, 0.1) is 0 Å². The minimum Gasteiger partial charge on any atom is -0.467 e. The predicted octanol–water partition coefficient (Wildman–Crippen LogP) is 4.38. The molecule has 3 aromatic heterocycles. The Bertz CT molecular complexity index is 1040. The second-order valence-electron chi connectivity index (χ2n) is 6.02. The van der Waals surface area contributed by atoms with E-state index in [1.807, 2.05) is 55.5 Å². The van der Waals surface area contributed by atoms with Gasteiger partial charge in [0.05, 0.1) is 29.1 Å². The molecule has 4 aromatic rings. The lowest BCUT2D eigenvalue weighted by Crippen LogP contribution is -2.26. The number of amides is 1. The van der Waals surface area contributed by atoms with Crippen LogP contribution < -0.4 is 5.32 Å². The highest BCUT2D eigenvalue weighted by atomic mass is 16.3. The van der Waals surface area contributed by atoms with Gasteiger partial charge in [-0.3, -0.25) is 9.78 Å². The maximum Gasteiger partial charge on any atom is 0.252 e. The molecule has 4 rings (SSSR count). The van der Waals surface area contributed by atoms with Crippen molar-refractivity contribution in [1.82, 2.24) is 15.3 Å². The first-order chi connectivity index (χ1) is 12.7. The number of carbonyl (C=O) groups excluding carboxylic acids is 1. The van der Waals surface area contributed by atoms with E-state index in [1.54, 1.807) is 24.7 Å². The third-order valence-electron chi connectivity index (χ3n) is 4.25. The number of carbonyl (C=O) groups is 1. The Balaban J connectivity index is 1.76. The van der Waals surface area contributed by atoms with E-state index in [2.05, 4.69) is 10.3 Å². The summed E-state index contributed by atoms with van der Waals surface area (Å²) >= 11 is 0. The smallest absolute Gasteiger partial charge is 0.252 e. The first-order valence-electron chi connectivity index (χ1n) is 8.37. The maximum absolute atomic E-state index is 13.0. The Kier molecular flexibility index (Phi) is 4.19. The lowest BCUT2D eigenvalue weighted by atomic mass is 10.0. The molecule has 0 aliphatic heterocycles. The van der Waals surface area contributed by atoms with Gasteiger partial charge in [0.1, 0.15) is 5.76 Å². The van der Waals surface area contributed by atoms with Crippen LogP contribution in [0.5, 0.6) is 0 Å². The molecule has 0 fully saturated rings. The molecule has 1 N–H and O–H groups in total. The van der Waals surface area contributed by atoms with Crippen molar-refractivity contribution in [1.29, 1.82) is 0 Å². The summed E-state index contributed by atoms with van der Waals surface area (Å²) < 4.78 is 5.38. The van der Waals surface area contributed by atoms with Gasteiger partial charge in [0, 0.05) is 23.3 Å². The third kappa shape index (κ3) is 3.07. The largest absolute Gasteiger partial charge is 0.467 e. The van der Waals surface area contributed by atoms with Gasteiger partial charge in [0.25, 0.3) is 5.91 Å². The summed E-state index contributed by atoms with van der Waals surface area (Å²) in [6.07, 6.45) is 5.03. The van der Waals surface area contributed by atoms with Crippen LogP contribution in [0.4, 0.5) is 0 Å². The van der Waals surface area contributed by atoms with Crippen molar-refractivity contribution in [2.24, 2.45) is 0 Å². The van der Waals surface area contributed by atoms with E-state index >= 15 is 0 Å². The average molecular weight is 343 g/mol. The molecule has 128 valence electrons. The Morgan fingerprint density at radius 2 is 1.88 bits per heavy atom. The lowest BCUT2D eigenvalue weighted by Gasteiger charge is -2.14. The molecule has 5 nitrogen and oxygen atoms in total. The molecule has 0 bridgehead atoms. The molecule has 0 radical (unpaired) electrons. The molecule has 1 aromatic carbocycles. The molecule has 0 saturated heterocycles. The van der Waals surface area contributed by atoms with Gasteiger partial charge in [-0.1, -0.05) is 18.2 Å². The number of benzene rings is 1. The second kappa shape index (κ2) is 6.80. The number of furan rings is 1. The highest BCUT2D eigenvalue weighted by Crippen LogP contribution is 2.25. The van der Waals surface area contributed by atoms with Crippen molar-refractivity contribution in [2.45, 2.75) is 13.0 Å². The van der Waals surface area contributed by atoms with Gasteiger partial charge >= 0.3 is 0 Å². The van der Waals surface area contributed by atoms with Gasteiger partial charge in [-0.05, 0) is 43.3 Å². The van der Waals surface area contributed by atoms with Gasteiger partial charge in [-0.2, -0.15) is 0 Å². The highest BCUT2D eigenvalue weighted by molar-refractivity contribution is 6.07. The van der Waals surface area contributed by atoms with Gasteiger partial charge in [0.15, 0.2) is 0 Å². The fraction of sp³-hybridized carbons (Fsp3) is 0.0952. The third-order valence-corrected chi connectivity index (χ3v) is 4.25. The maximum atomic E-state index is 13.0. The van der Waals surface area contributed by atoms with Crippen LogP contribution in [0.25, 0.3) is 22.2 Å². The van der Waals surface area contributed by atoms with Gasteiger partial charge in [-0.15, -0.1) is 0 Å². The number of hydrogen-bond donors (Lipinski definition) is 1. The van der Waals surface area contributed by atoms with Crippen LogP contribution in [-0.2, 0) is 0 Å². The number of nitrogens with zero attached hydrogens (tertiary/aromatic N) is 2. The Morgan fingerprint density at radius 3 is 2.65 bits per heavy atom. The summed E-state index contributed by atoms with van der Waals surface area (Å²) in [5, 5.41) is 3.81. The van der Waals surface area contributed by atoms with Crippen LogP contribution in [0.1, 0.15) is 29.1 Å². The second-order valence-corrected chi connectivity index (χ2v) is 6.02. The van der Waals surface area contributed by atoms with Crippen molar-refractivity contribution in [3.8, 4) is 11.3 Å². The van der Waals surface area contributed by atoms with Crippen molar-refractivity contribution in [3.63, 3.8) is 0 Å². The zero-order chi connectivity index (χ0) is 17.9. The Labute approximate surface area is 150 Å². The molecule has 5 heteroatoms. The molecule has 1 amide bonds. The quantitative estimate of drug-likeness (QED) is 0.597. The molecule has 0 unspecified atom stereocenters. The highest BCUT2D eigenvalue weighted by Gasteiger charge is 2.17. The van der Waals surface area contributed by atoms with Crippen LogP contribution >= 0.6 is 0 Å². The molecular weight excluding hydrogens is 326 g/mol. The van der Waals surface area contributed by atoms with Gasteiger partial charge in [0.2, 0.25) is 0 Å². The zero-order valence-corrected chi connectivity index (χ0v) is 14.2. The van der Waals surface area contributed by atoms with Crippen LogP contribution in [0.15, 0.2) is 77.7 Å². The number of para-hydroxylation sites is 1. The average Bonchev–Trinajstić information content (AvgIpc) is 3.23. The summed E-state index contributed by atoms with van der Waals surface area (Å²) in [4.78, 5) is 21.7. The van der Waals surface area contributed by atoms with E-state index in [0.717, 1.165) is 22.2 Å². The first kappa shape index (κ1) is 16.0. The van der Waals surface area contributed by atoms with E-state index in [4.69, 9.17) is 9.40 Å². The number of rotatable bonds is 4. The van der Waals surface area contributed by atoms with Crippen molar-refractivity contribution in [3.05, 3.63) is 84.6 Å². The van der Waals surface area contributed by atoms with Crippen LogP contribution in [0.2, 0.25) is 0 Å². The molecule has 0 saturated carbocycles. The van der Waals surface area contributed by atoms with Crippen molar-refractivity contribution >= 4 is 16.8 Å². The summed E-state index contributed by atoms with van der Waals surface area (Å²) in [6, 6.07) is 16.6. The van der Waals surface area contributed by atoms with E-state index < -0.39 is 0 Å². The van der Waals surface area contributed by atoms with Crippen LogP contribution in [-0.4, -0.2) is 15.9 Å².